The van der Waals surface area contributed by atoms with Crippen LogP contribution in [0.1, 0.15) is 17.3 Å². The predicted octanol–water partition coefficient (Wildman–Crippen LogP) is 4.93. The standard InChI is InChI=1S/C23H19BrN2O4S/c1-3-30-21(27)13-26-18-9-8-16(24)12-20(18)31-23(26)25-22(28)17-10-14-6-4-5-7-15(14)11-19(17)29-2/h4-12H,3,13H2,1-2H3. The molecule has 0 saturated carbocycles. The van der Waals surface area contributed by atoms with Gasteiger partial charge in [-0.3, -0.25) is 9.59 Å². The lowest BCUT2D eigenvalue weighted by Gasteiger charge is -2.08. The lowest BCUT2D eigenvalue weighted by atomic mass is 10.1. The van der Waals surface area contributed by atoms with E-state index in [1.165, 1.54) is 18.4 Å². The fourth-order valence-corrected chi connectivity index (χ4v) is 4.90. The number of methoxy groups -OCH3 is 1. The van der Waals surface area contributed by atoms with E-state index >= 15 is 0 Å². The number of benzene rings is 3. The maximum atomic E-state index is 13.2. The van der Waals surface area contributed by atoms with Crippen molar-refractivity contribution < 1.29 is 19.1 Å². The van der Waals surface area contributed by atoms with Gasteiger partial charge in [-0.05, 0) is 48.0 Å². The molecule has 0 unspecified atom stereocenters. The van der Waals surface area contributed by atoms with E-state index in [9.17, 15) is 9.59 Å². The number of nitrogens with zero attached hydrogens (tertiary/aromatic N) is 2. The Morgan fingerprint density at radius 2 is 1.84 bits per heavy atom. The molecule has 0 aliphatic carbocycles. The van der Waals surface area contributed by atoms with Crippen molar-refractivity contribution in [3.63, 3.8) is 0 Å². The van der Waals surface area contributed by atoms with E-state index in [0.717, 1.165) is 25.5 Å². The van der Waals surface area contributed by atoms with Crippen LogP contribution in [0.4, 0.5) is 0 Å². The van der Waals surface area contributed by atoms with Crippen LogP contribution in [0, 0.1) is 0 Å². The van der Waals surface area contributed by atoms with Gasteiger partial charge in [-0.25, -0.2) is 0 Å². The third-order valence-electron chi connectivity index (χ3n) is 4.73. The summed E-state index contributed by atoms with van der Waals surface area (Å²) in [7, 11) is 1.53. The third kappa shape index (κ3) is 4.40. The van der Waals surface area contributed by atoms with E-state index in [1.54, 1.807) is 17.6 Å². The molecule has 0 radical (unpaired) electrons. The highest BCUT2D eigenvalue weighted by molar-refractivity contribution is 9.10. The molecule has 0 atom stereocenters. The van der Waals surface area contributed by atoms with Crippen molar-refractivity contribution in [2.45, 2.75) is 13.5 Å². The minimum atomic E-state index is -0.439. The Balaban J connectivity index is 1.86. The summed E-state index contributed by atoms with van der Waals surface area (Å²) in [6.45, 7) is 2.01. The molecule has 8 heteroatoms. The summed E-state index contributed by atoms with van der Waals surface area (Å²) in [5.41, 5.74) is 1.17. The SMILES string of the molecule is CCOC(=O)Cn1c(=NC(=O)c2cc3ccccc3cc2OC)sc2cc(Br)ccc21. The van der Waals surface area contributed by atoms with E-state index < -0.39 is 5.91 Å². The van der Waals surface area contributed by atoms with E-state index in [0.29, 0.717) is 16.1 Å². The molecule has 0 aliphatic heterocycles. The fourth-order valence-electron chi connectivity index (χ4n) is 3.32. The van der Waals surface area contributed by atoms with E-state index in [4.69, 9.17) is 9.47 Å². The van der Waals surface area contributed by atoms with Gasteiger partial charge >= 0.3 is 5.97 Å². The van der Waals surface area contributed by atoms with Crippen LogP contribution in [0.25, 0.3) is 21.0 Å². The van der Waals surface area contributed by atoms with Crippen LogP contribution in [-0.2, 0) is 16.1 Å². The first-order valence-corrected chi connectivity index (χ1v) is 11.2. The Bertz CT molecular complexity index is 1370. The van der Waals surface area contributed by atoms with E-state index in [2.05, 4.69) is 20.9 Å². The Morgan fingerprint density at radius 1 is 1.10 bits per heavy atom. The molecule has 0 aliphatic rings. The zero-order valence-electron chi connectivity index (χ0n) is 16.9. The summed E-state index contributed by atoms with van der Waals surface area (Å²) in [5, 5.41) is 1.89. The number of hydrogen-bond acceptors (Lipinski definition) is 5. The van der Waals surface area contributed by atoms with Crippen molar-refractivity contribution in [2.24, 2.45) is 4.99 Å². The maximum Gasteiger partial charge on any atom is 0.326 e. The molecule has 4 aromatic rings. The van der Waals surface area contributed by atoms with Crippen LogP contribution in [0.2, 0.25) is 0 Å². The summed E-state index contributed by atoms with van der Waals surface area (Å²) < 4.78 is 14.1. The van der Waals surface area contributed by atoms with Crippen LogP contribution in [0.15, 0.2) is 64.1 Å². The highest BCUT2D eigenvalue weighted by Crippen LogP contribution is 2.27. The number of ether oxygens (including phenoxy) is 2. The fraction of sp³-hybridized carbons (Fsp3) is 0.174. The number of halogens is 1. The van der Waals surface area contributed by atoms with Gasteiger partial charge in [-0.1, -0.05) is 51.5 Å². The molecule has 0 N–H and O–H groups in total. The normalized spacial score (nSPS) is 11.8. The molecular weight excluding hydrogens is 480 g/mol. The van der Waals surface area contributed by atoms with E-state index in [1.807, 2.05) is 48.5 Å². The first kappa shape index (κ1) is 21.3. The number of fused-ring (bicyclic) bond motifs is 2. The van der Waals surface area contributed by atoms with Gasteiger partial charge in [0, 0.05) is 4.47 Å². The number of thiazole rings is 1. The Morgan fingerprint density at radius 3 is 2.55 bits per heavy atom. The van der Waals surface area contributed by atoms with E-state index in [-0.39, 0.29) is 19.1 Å². The predicted molar refractivity (Wildman–Crippen MR) is 125 cm³/mol. The number of amides is 1. The number of esters is 1. The first-order valence-electron chi connectivity index (χ1n) is 9.60. The van der Waals surface area contributed by atoms with Gasteiger partial charge in [0.05, 0.1) is 29.5 Å². The van der Waals surface area contributed by atoms with Crippen molar-refractivity contribution >= 4 is 60.1 Å². The number of hydrogen-bond donors (Lipinski definition) is 0. The largest absolute Gasteiger partial charge is 0.496 e. The Kier molecular flexibility index (Phi) is 6.20. The van der Waals surface area contributed by atoms with Crippen LogP contribution in [0.3, 0.4) is 0 Å². The average molecular weight is 499 g/mol. The van der Waals surface area contributed by atoms with Crippen molar-refractivity contribution in [2.75, 3.05) is 13.7 Å². The molecule has 0 spiro atoms. The summed E-state index contributed by atoms with van der Waals surface area (Å²) in [4.78, 5) is 30.1. The molecular formula is C23H19BrN2O4S. The zero-order chi connectivity index (χ0) is 22.0. The lowest BCUT2D eigenvalue weighted by Crippen LogP contribution is -2.23. The van der Waals surface area contributed by atoms with Crippen molar-refractivity contribution in [3.05, 3.63) is 69.4 Å². The Hall–Kier alpha value is -2.97. The monoisotopic (exact) mass is 498 g/mol. The number of rotatable bonds is 5. The van der Waals surface area contributed by atoms with Crippen molar-refractivity contribution in [1.82, 2.24) is 4.57 Å². The Labute approximate surface area is 190 Å². The molecule has 0 bridgehead atoms. The summed E-state index contributed by atoms with van der Waals surface area (Å²) in [6, 6.07) is 17.0. The molecule has 4 rings (SSSR count). The molecule has 1 aromatic heterocycles. The molecule has 158 valence electrons. The zero-order valence-corrected chi connectivity index (χ0v) is 19.3. The minimum Gasteiger partial charge on any atom is -0.496 e. The van der Waals surface area contributed by atoms with Crippen LogP contribution in [0.5, 0.6) is 5.75 Å². The van der Waals surface area contributed by atoms with Crippen molar-refractivity contribution in [3.8, 4) is 5.75 Å². The summed E-state index contributed by atoms with van der Waals surface area (Å²) in [5.74, 6) is -0.374. The highest BCUT2D eigenvalue weighted by Gasteiger charge is 2.16. The highest BCUT2D eigenvalue weighted by atomic mass is 79.9. The molecule has 0 fully saturated rings. The molecule has 1 amide bonds. The molecule has 0 saturated heterocycles. The lowest BCUT2D eigenvalue weighted by molar-refractivity contribution is -0.143. The topological polar surface area (TPSA) is 69.9 Å². The van der Waals surface area contributed by atoms with Gasteiger partial charge in [0.1, 0.15) is 12.3 Å². The number of aromatic nitrogens is 1. The van der Waals surface area contributed by atoms with Crippen LogP contribution >= 0.6 is 27.3 Å². The molecule has 6 nitrogen and oxygen atoms in total. The van der Waals surface area contributed by atoms with Gasteiger partial charge in [-0.2, -0.15) is 4.99 Å². The second-order valence-corrected chi connectivity index (χ2v) is 8.63. The van der Waals surface area contributed by atoms with Crippen LogP contribution in [-0.4, -0.2) is 30.2 Å². The van der Waals surface area contributed by atoms with Crippen LogP contribution < -0.4 is 9.54 Å². The molecule has 31 heavy (non-hydrogen) atoms. The van der Waals surface area contributed by atoms with Gasteiger partial charge in [0.25, 0.3) is 5.91 Å². The van der Waals surface area contributed by atoms with Crippen molar-refractivity contribution in [1.29, 1.82) is 0 Å². The second kappa shape index (κ2) is 9.03. The maximum absolute atomic E-state index is 13.2. The number of carbonyl (C=O) groups is 2. The third-order valence-corrected chi connectivity index (χ3v) is 6.27. The minimum absolute atomic E-state index is 0.0313. The summed E-state index contributed by atoms with van der Waals surface area (Å²) in [6.07, 6.45) is 0. The van der Waals surface area contributed by atoms with Gasteiger partial charge in [-0.15, -0.1) is 0 Å². The van der Waals surface area contributed by atoms with Gasteiger partial charge < -0.3 is 14.0 Å². The molecule has 1 heterocycles. The summed E-state index contributed by atoms with van der Waals surface area (Å²) >= 11 is 4.80. The first-order chi connectivity index (χ1) is 15.0. The smallest absolute Gasteiger partial charge is 0.326 e. The number of carbonyl (C=O) groups excluding carboxylic acids is 2. The molecule has 3 aromatic carbocycles. The second-order valence-electron chi connectivity index (χ2n) is 6.70. The quantitative estimate of drug-likeness (QED) is 0.365. The van der Waals surface area contributed by atoms with Gasteiger partial charge in [0.2, 0.25) is 0 Å². The van der Waals surface area contributed by atoms with Gasteiger partial charge in [0.15, 0.2) is 4.80 Å². The average Bonchev–Trinajstić information content (AvgIpc) is 3.08.